The molecule has 0 aromatic carbocycles. The Morgan fingerprint density at radius 3 is 2.65 bits per heavy atom. The lowest BCUT2D eigenvalue weighted by molar-refractivity contribution is 0.333. The number of hydrogen-bond acceptors (Lipinski definition) is 3. The third kappa shape index (κ3) is 3.53. The van der Waals surface area contributed by atoms with Crippen LogP contribution < -0.4 is 5.32 Å². The predicted molar refractivity (Wildman–Crippen MR) is 68.5 cm³/mol. The second-order valence-electron chi connectivity index (χ2n) is 5.28. The summed E-state index contributed by atoms with van der Waals surface area (Å²) < 4.78 is 1.98. The number of aromatic nitrogens is 3. The van der Waals surface area contributed by atoms with Crippen LogP contribution in [0.2, 0.25) is 0 Å². The van der Waals surface area contributed by atoms with E-state index in [0.717, 1.165) is 18.3 Å². The highest BCUT2D eigenvalue weighted by molar-refractivity contribution is 4.85. The summed E-state index contributed by atoms with van der Waals surface area (Å²) in [6.07, 6.45) is 10.2. The SMILES string of the molecule is C[C@@H](NCc1nncn1C)C1CCCCCC1. The van der Waals surface area contributed by atoms with Crippen molar-refractivity contribution < 1.29 is 0 Å². The molecular formula is C13H24N4. The molecule has 0 saturated heterocycles. The minimum atomic E-state index is 0.588. The van der Waals surface area contributed by atoms with E-state index in [1.807, 2.05) is 11.6 Å². The summed E-state index contributed by atoms with van der Waals surface area (Å²) in [5.74, 6) is 1.86. The van der Waals surface area contributed by atoms with Gasteiger partial charge in [0.25, 0.3) is 0 Å². The standard InChI is InChI=1S/C13H24N4/c1-11(12-7-5-3-4-6-8-12)14-9-13-16-15-10-17(13)2/h10-12,14H,3-9H2,1-2H3/t11-/m1/s1. The Labute approximate surface area is 104 Å². The van der Waals surface area contributed by atoms with Gasteiger partial charge in [0, 0.05) is 13.1 Å². The molecule has 4 heteroatoms. The maximum Gasteiger partial charge on any atom is 0.146 e. The van der Waals surface area contributed by atoms with Gasteiger partial charge in [-0.05, 0) is 25.7 Å². The van der Waals surface area contributed by atoms with Crippen LogP contribution in [0.15, 0.2) is 6.33 Å². The molecule has 2 rings (SSSR count). The first kappa shape index (κ1) is 12.6. The molecule has 0 spiro atoms. The van der Waals surface area contributed by atoms with E-state index in [9.17, 15) is 0 Å². The first-order valence-corrected chi connectivity index (χ1v) is 6.83. The van der Waals surface area contributed by atoms with Gasteiger partial charge >= 0.3 is 0 Å². The molecular weight excluding hydrogens is 212 g/mol. The van der Waals surface area contributed by atoms with Crippen LogP contribution in [0.4, 0.5) is 0 Å². The molecule has 0 amide bonds. The Morgan fingerprint density at radius 1 is 1.35 bits per heavy atom. The number of nitrogens with one attached hydrogen (secondary N) is 1. The highest BCUT2D eigenvalue weighted by atomic mass is 15.3. The van der Waals surface area contributed by atoms with Crippen molar-refractivity contribution >= 4 is 0 Å². The highest BCUT2D eigenvalue weighted by Crippen LogP contribution is 2.25. The molecule has 17 heavy (non-hydrogen) atoms. The molecule has 1 atom stereocenters. The van der Waals surface area contributed by atoms with Crippen LogP contribution in [0.3, 0.4) is 0 Å². The second-order valence-corrected chi connectivity index (χ2v) is 5.28. The van der Waals surface area contributed by atoms with Crippen LogP contribution in [0, 0.1) is 5.92 Å². The van der Waals surface area contributed by atoms with Gasteiger partial charge in [-0.15, -0.1) is 10.2 Å². The largest absolute Gasteiger partial charge is 0.320 e. The summed E-state index contributed by atoms with van der Waals surface area (Å²) in [4.78, 5) is 0. The molecule has 1 heterocycles. The molecule has 1 aliphatic rings. The lowest BCUT2D eigenvalue weighted by Crippen LogP contribution is -2.33. The van der Waals surface area contributed by atoms with E-state index in [1.165, 1.54) is 38.5 Å². The van der Waals surface area contributed by atoms with Gasteiger partial charge in [0.05, 0.1) is 6.54 Å². The van der Waals surface area contributed by atoms with Crippen molar-refractivity contribution in [3.05, 3.63) is 12.2 Å². The van der Waals surface area contributed by atoms with E-state index in [2.05, 4.69) is 22.4 Å². The second kappa shape index (κ2) is 6.15. The molecule has 4 nitrogen and oxygen atoms in total. The molecule has 1 aromatic heterocycles. The van der Waals surface area contributed by atoms with Gasteiger partial charge in [0.2, 0.25) is 0 Å². The van der Waals surface area contributed by atoms with Crippen LogP contribution in [0.1, 0.15) is 51.3 Å². The van der Waals surface area contributed by atoms with Crippen molar-refractivity contribution in [2.45, 2.75) is 58.0 Å². The molecule has 0 unspecified atom stereocenters. The topological polar surface area (TPSA) is 42.7 Å². The summed E-state index contributed by atoms with van der Waals surface area (Å²) in [5.41, 5.74) is 0. The van der Waals surface area contributed by atoms with E-state index in [4.69, 9.17) is 0 Å². The molecule has 0 aliphatic heterocycles. The van der Waals surface area contributed by atoms with E-state index in [0.29, 0.717) is 6.04 Å². The molecule has 0 bridgehead atoms. The number of aryl methyl sites for hydroxylation is 1. The average Bonchev–Trinajstić information content (AvgIpc) is 2.58. The van der Waals surface area contributed by atoms with Crippen LogP contribution >= 0.6 is 0 Å². The van der Waals surface area contributed by atoms with Gasteiger partial charge in [-0.1, -0.05) is 25.7 Å². The molecule has 1 aliphatic carbocycles. The van der Waals surface area contributed by atoms with Crippen molar-refractivity contribution in [1.29, 1.82) is 0 Å². The summed E-state index contributed by atoms with van der Waals surface area (Å²) >= 11 is 0. The third-order valence-electron chi connectivity index (χ3n) is 3.99. The Balaban J connectivity index is 1.80. The normalized spacial score (nSPS) is 20.1. The molecule has 1 fully saturated rings. The monoisotopic (exact) mass is 236 g/mol. The molecule has 1 N–H and O–H groups in total. The maximum atomic E-state index is 4.10. The summed E-state index contributed by atoms with van der Waals surface area (Å²) in [6, 6.07) is 0.588. The van der Waals surface area contributed by atoms with E-state index in [-0.39, 0.29) is 0 Å². The Hall–Kier alpha value is -0.900. The Kier molecular flexibility index (Phi) is 4.54. The molecule has 1 saturated carbocycles. The minimum Gasteiger partial charge on any atom is -0.320 e. The fourth-order valence-electron chi connectivity index (χ4n) is 2.70. The smallest absolute Gasteiger partial charge is 0.146 e. The van der Waals surface area contributed by atoms with Gasteiger partial charge < -0.3 is 9.88 Å². The van der Waals surface area contributed by atoms with Crippen LogP contribution in [0.25, 0.3) is 0 Å². The average molecular weight is 236 g/mol. The molecule has 1 aromatic rings. The molecule has 0 radical (unpaired) electrons. The van der Waals surface area contributed by atoms with E-state index in [1.54, 1.807) is 6.33 Å². The highest BCUT2D eigenvalue weighted by Gasteiger charge is 2.18. The van der Waals surface area contributed by atoms with Crippen LogP contribution in [0.5, 0.6) is 0 Å². The zero-order chi connectivity index (χ0) is 12.1. The summed E-state index contributed by atoms with van der Waals surface area (Å²) in [5, 5.41) is 11.6. The summed E-state index contributed by atoms with van der Waals surface area (Å²) in [7, 11) is 1.99. The van der Waals surface area contributed by atoms with Crippen molar-refractivity contribution in [3.8, 4) is 0 Å². The van der Waals surface area contributed by atoms with Crippen molar-refractivity contribution in [3.63, 3.8) is 0 Å². The zero-order valence-electron chi connectivity index (χ0n) is 11.0. The van der Waals surface area contributed by atoms with Crippen molar-refractivity contribution in [2.75, 3.05) is 0 Å². The van der Waals surface area contributed by atoms with Gasteiger partial charge in [0.1, 0.15) is 12.2 Å². The fraction of sp³-hybridized carbons (Fsp3) is 0.846. The van der Waals surface area contributed by atoms with Gasteiger partial charge in [-0.2, -0.15) is 0 Å². The minimum absolute atomic E-state index is 0.588. The number of hydrogen-bond donors (Lipinski definition) is 1. The van der Waals surface area contributed by atoms with Crippen LogP contribution in [-0.2, 0) is 13.6 Å². The van der Waals surface area contributed by atoms with Crippen molar-refractivity contribution in [1.82, 2.24) is 20.1 Å². The maximum absolute atomic E-state index is 4.10. The summed E-state index contributed by atoms with van der Waals surface area (Å²) in [6.45, 7) is 3.14. The Bertz CT molecular complexity index is 326. The number of rotatable bonds is 4. The van der Waals surface area contributed by atoms with E-state index >= 15 is 0 Å². The van der Waals surface area contributed by atoms with Crippen LogP contribution in [-0.4, -0.2) is 20.8 Å². The van der Waals surface area contributed by atoms with Crippen molar-refractivity contribution in [2.24, 2.45) is 13.0 Å². The zero-order valence-corrected chi connectivity index (χ0v) is 11.0. The quantitative estimate of drug-likeness (QED) is 0.815. The van der Waals surface area contributed by atoms with Gasteiger partial charge in [0.15, 0.2) is 0 Å². The van der Waals surface area contributed by atoms with Gasteiger partial charge in [-0.25, -0.2) is 0 Å². The lowest BCUT2D eigenvalue weighted by atomic mass is 9.93. The first-order chi connectivity index (χ1) is 8.27. The Morgan fingerprint density at radius 2 is 2.06 bits per heavy atom. The van der Waals surface area contributed by atoms with E-state index < -0.39 is 0 Å². The third-order valence-corrected chi connectivity index (χ3v) is 3.99. The fourth-order valence-corrected chi connectivity index (χ4v) is 2.70. The number of nitrogens with zero attached hydrogens (tertiary/aromatic N) is 3. The van der Waals surface area contributed by atoms with Gasteiger partial charge in [-0.3, -0.25) is 0 Å². The predicted octanol–water partition coefficient (Wildman–Crippen LogP) is 2.26. The lowest BCUT2D eigenvalue weighted by Gasteiger charge is -2.23. The first-order valence-electron chi connectivity index (χ1n) is 6.83. The molecule has 96 valence electrons.